The summed E-state index contributed by atoms with van der Waals surface area (Å²) >= 11 is 0. The molecule has 0 N–H and O–H groups in total. The first kappa shape index (κ1) is 10.3. The molecule has 0 aliphatic heterocycles. The molecular weight excluding hydrogens is 206 g/mol. The van der Waals surface area contributed by atoms with Crippen LogP contribution in [0.1, 0.15) is 11.1 Å². The highest BCUT2D eigenvalue weighted by Crippen LogP contribution is 2.26. The van der Waals surface area contributed by atoms with Gasteiger partial charge in [0.25, 0.3) is 0 Å². The fourth-order valence-electron chi connectivity index (χ4n) is 2.61. The third-order valence-corrected chi connectivity index (χ3v) is 3.55. The van der Waals surface area contributed by atoms with Gasteiger partial charge in [0.1, 0.15) is 7.05 Å². The molecule has 1 heterocycles. The van der Waals surface area contributed by atoms with E-state index in [0.717, 1.165) is 0 Å². The number of hydrogen-bond donors (Lipinski definition) is 0. The molecule has 0 saturated heterocycles. The lowest BCUT2D eigenvalue weighted by atomic mass is 9.99. The molecular formula is C16H16N+. The van der Waals surface area contributed by atoms with Crippen LogP contribution in [0, 0.1) is 13.8 Å². The fourth-order valence-corrected chi connectivity index (χ4v) is 2.61. The Kier molecular flexibility index (Phi) is 2.15. The zero-order chi connectivity index (χ0) is 12.0. The van der Waals surface area contributed by atoms with Crippen LogP contribution in [0.3, 0.4) is 0 Å². The van der Waals surface area contributed by atoms with E-state index in [1.807, 2.05) is 0 Å². The maximum absolute atomic E-state index is 2.23. The van der Waals surface area contributed by atoms with Crippen molar-refractivity contribution in [2.75, 3.05) is 0 Å². The second kappa shape index (κ2) is 3.56. The van der Waals surface area contributed by atoms with E-state index in [0.29, 0.717) is 0 Å². The van der Waals surface area contributed by atoms with Crippen LogP contribution in [-0.2, 0) is 7.05 Å². The van der Waals surface area contributed by atoms with Gasteiger partial charge in [0.05, 0.1) is 5.39 Å². The molecule has 2 aromatic carbocycles. The summed E-state index contributed by atoms with van der Waals surface area (Å²) < 4.78 is 2.22. The van der Waals surface area contributed by atoms with Crippen LogP contribution in [0.4, 0.5) is 0 Å². The van der Waals surface area contributed by atoms with Crippen molar-refractivity contribution < 1.29 is 4.57 Å². The second-order valence-corrected chi connectivity index (χ2v) is 4.74. The quantitative estimate of drug-likeness (QED) is 0.405. The number of rotatable bonds is 0. The summed E-state index contributed by atoms with van der Waals surface area (Å²) in [6.45, 7) is 4.36. The smallest absolute Gasteiger partial charge is 0.200 e. The number of aromatic nitrogens is 1. The van der Waals surface area contributed by atoms with E-state index in [1.165, 1.54) is 32.8 Å². The van der Waals surface area contributed by atoms with E-state index in [2.05, 4.69) is 68.1 Å². The Labute approximate surface area is 101 Å². The Morgan fingerprint density at radius 3 is 2.53 bits per heavy atom. The third-order valence-electron chi connectivity index (χ3n) is 3.55. The minimum absolute atomic E-state index is 1.32. The molecule has 0 unspecified atom stereocenters. The van der Waals surface area contributed by atoms with Gasteiger partial charge in [-0.25, -0.2) is 4.57 Å². The molecule has 0 radical (unpaired) electrons. The summed E-state index contributed by atoms with van der Waals surface area (Å²) in [6.07, 6.45) is 2.14. The van der Waals surface area contributed by atoms with E-state index >= 15 is 0 Å². The lowest BCUT2D eigenvalue weighted by Gasteiger charge is -2.06. The first-order valence-corrected chi connectivity index (χ1v) is 5.96. The largest absolute Gasteiger partial charge is 0.220 e. The topological polar surface area (TPSA) is 3.88 Å². The molecule has 0 atom stereocenters. The highest BCUT2D eigenvalue weighted by molar-refractivity contribution is 6.06. The van der Waals surface area contributed by atoms with Crippen LogP contribution in [-0.4, -0.2) is 0 Å². The number of hydrogen-bond acceptors (Lipinski definition) is 0. The number of pyridine rings is 1. The van der Waals surface area contributed by atoms with Gasteiger partial charge in [0.2, 0.25) is 5.52 Å². The van der Waals surface area contributed by atoms with Crippen LogP contribution in [0.2, 0.25) is 0 Å². The minimum atomic E-state index is 1.32. The number of aryl methyl sites for hydroxylation is 3. The summed E-state index contributed by atoms with van der Waals surface area (Å²) in [5.74, 6) is 0. The Morgan fingerprint density at radius 1 is 0.882 bits per heavy atom. The monoisotopic (exact) mass is 222 g/mol. The lowest BCUT2D eigenvalue weighted by molar-refractivity contribution is -0.644. The van der Waals surface area contributed by atoms with Gasteiger partial charge >= 0.3 is 0 Å². The van der Waals surface area contributed by atoms with Gasteiger partial charge < -0.3 is 0 Å². The molecule has 0 fully saturated rings. The van der Waals surface area contributed by atoms with Crippen molar-refractivity contribution >= 4 is 21.7 Å². The molecule has 1 heteroatoms. The van der Waals surface area contributed by atoms with Crippen LogP contribution < -0.4 is 4.57 Å². The Balaban J connectivity index is 2.68. The van der Waals surface area contributed by atoms with E-state index < -0.39 is 0 Å². The van der Waals surface area contributed by atoms with Gasteiger partial charge in [-0.2, -0.15) is 0 Å². The van der Waals surface area contributed by atoms with E-state index in [1.54, 1.807) is 0 Å². The van der Waals surface area contributed by atoms with Crippen molar-refractivity contribution in [2.24, 2.45) is 7.05 Å². The van der Waals surface area contributed by atoms with Crippen molar-refractivity contribution in [3.8, 4) is 0 Å². The molecule has 0 aliphatic rings. The van der Waals surface area contributed by atoms with Crippen molar-refractivity contribution in [3.63, 3.8) is 0 Å². The van der Waals surface area contributed by atoms with Crippen LogP contribution in [0.25, 0.3) is 21.7 Å². The first-order valence-electron chi connectivity index (χ1n) is 5.96. The Hall–Kier alpha value is -1.89. The maximum Gasteiger partial charge on any atom is 0.220 e. The van der Waals surface area contributed by atoms with E-state index in [9.17, 15) is 0 Å². The zero-order valence-electron chi connectivity index (χ0n) is 10.5. The van der Waals surface area contributed by atoms with Crippen molar-refractivity contribution in [1.29, 1.82) is 0 Å². The average Bonchev–Trinajstić information content (AvgIpc) is 2.33. The number of fused-ring (bicyclic) bond motifs is 3. The average molecular weight is 222 g/mol. The van der Waals surface area contributed by atoms with Gasteiger partial charge in [-0.3, -0.25) is 0 Å². The highest BCUT2D eigenvalue weighted by atomic mass is 14.9. The molecule has 1 aromatic heterocycles. The lowest BCUT2D eigenvalue weighted by Crippen LogP contribution is -2.28. The molecule has 1 nitrogen and oxygen atoms in total. The van der Waals surface area contributed by atoms with Gasteiger partial charge in [0.15, 0.2) is 6.20 Å². The number of benzene rings is 2. The molecule has 17 heavy (non-hydrogen) atoms. The Bertz CT molecular complexity index is 726. The van der Waals surface area contributed by atoms with Crippen LogP contribution in [0.15, 0.2) is 42.6 Å². The molecule has 3 aromatic rings. The summed E-state index contributed by atoms with van der Waals surface area (Å²) in [5.41, 5.74) is 4.01. The van der Waals surface area contributed by atoms with Crippen LogP contribution >= 0.6 is 0 Å². The van der Waals surface area contributed by atoms with Gasteiger partial charge in [-0.15, -0.1) is 0 Å². The minimum Gasteiger partial charge on any atom is -0.200 e. The summed E-state index contributed by atoms with van der Waals surface area (Å²) in [6, 6.07) is 13.1. The standard InChI is InChI=1S/C16H16N/c1-11-9-10-17(3)16-14(11)8-7-13-6-4-5-12(2)15(13)16/h4-10H,1-3H3/q+1. The fraction of sp³-hybridized carbons (Fsp3) is 0.188. The summed E-state index contributed by atoms with van der Waals surface area (Å²) in [4.78, 5) is 0. The van der Waals surface area contributed by atoms with Crippen molar-refractivity contribution in [2.45, 2.75) is 13.8 Å². The molecule has 0 bridgehead atoms. The maximum atomic E-state index is 2.23. The third kappa shape index (κ3) is 1.42. The molecule has 0 amide bonds. The normalized spacial score (nSPS) is 11.2. The highest BCUT2D eigenvalue weighted by Gasteiger charge is 2.12. The number of nitrogens with zero attached hydrogens (tertiary/aromatic N) is 1. The van der Waals surface area contributed by atoms with E-state index in [4.69, 9.17) is 0 Å². The molecule has 3 rings (SSSR count). The van der Waals surface area contributed by atoms with Crippen molar-refractivity contribution in [1.82, 2.24) is 0 Å². The van der Waals surface area contributed by atoms with Crippen LogP contribution in [0.5, 0.6) is 0 Å². The molecule has 84 valence electrons. The van der Waals surface area contributed by atoms with Gasteiger partial charge in [-0.1, -0.05) is 24.3 Å². The Morgan fingerprint density at radius 2 is 1.71 bits per heavy atom. The summed E-state index contributed by atoms with van der Waals surface area (Å²) in [5, 5.41) is 4.03. The molecule has 0 aliphatic carbocycles. The summed E-state index contributed by atoms with van der Waals surface area (Å²) in [7, 11) is 2.12. The second-order valence-electron chi connectivity index (χ2n) is 4.74. The van der Waals surface area contributed by atoms with Gasteiger partial charge in [-0.05, 0) is 36.4 Å². The SMILES string of the molecule is Cc1cc[n+](C)c2c1ccc1cccc(C)c12. The molecule has 0 saturated carbocycles. The predicted molar refractivity (Wildman–Crippen MR) is 72.1 cm³/mol. The zero-order valence-corrected chi connectivity index (χ0v) is 10.5. The first-order chi connectivity index (χ1) is 8.18. The van der Waals surface area contributed by atoms with E-state index in [-0.39, 0.29) is 0 Å². The predicted octanol–water partition coefficient (Wildman–Crippen LogP) is 3.43. The molecule has 0 spiro atoms. The van der Waals surface area contributed by atoms with Gasteiger partial charge in [0, 0.05) is 11.5 Å². The van der Waals surface area contributed by atoms with Crippen molar-refractivity contribution in [3.05, 3.63) is 53.7 Å².